The van der Waals surface area contributed by atoms with Gasteiger partial charge in [-0.1, -0.05) is 70.0 Å². The van der Waals surface area contributed by atoms with E-state index in [4.69, 9.17) is 67.4 Å². The number of carbonyl (C=O) groups excluding carboxylic acids is 5. The van der Waals surface area contributed by atoms with E-state index in [1.807, 2.05) is 29.5 Å². The van der Waals surface area contributed by atoms with Crippen molar-refractivity contribution in [3.8, 4) is 40.9 Å². The molecule has 1 aromatic carbocycles. The lowest BCUT2D eigenvalue weighted by Crippen LogP contribution is -2.65. The van der Waals surface area contributed by atoms with Gasteiger partial charge < -0.3 is 114 Å². The summed E-state index contributed by atoms with van der Waals surface area (Å²) in [4.78, 5) is 96.9. The first-order valence-electron chi connectivity index (χ1n) is 31.9. The molecular weight excluding hydrogens is 1510 g/mol. The van der Waals surface area contributed by atoms with Gasteiger partial charge in [-0.2, -0.15) is 5.48 Å². The molecule has 2 aliphatic carbocycles. The summed E-state index contributed by atoms with van der Waals surface area (Å²) in [7, 11) is 8.67. The van der Waals surface area contributed by atoms with Crippen molar-refractivity contribution in [1.29, 1.82) is 0 Å². The van der Waals surface area contributed by atoms with Crippen LogP contribution in [-0.4, -0.2) is 271 Å². The minimum Gasteiger partial charge on any atom is -0.492 e. The zero-order chi connectivity index (χ0) is 74.2. The summed E-state index contributed by atoms with van der Waals surface area (Å²) in [5, 5.41) is 86.2. The number of ketones is 1. The van der Waals surface area contributed by atoms with Crippen LogP contribution in [0.3, 0.4) is 0 Å². The fourth-order valence-electron chi connectivity index (χ4n) is 11.7. The summed E-state index contributed by atoms with van der Waals surface area (Å²) in [5.74, 6) is 5.85. The fourth-order valence-corrected chi connectivity index (χ4v) is 15.5. The molecule has 4 saturated heterocycles. The molecular formula is C64H87IN6O27S3. The van der Waals surface area contributed by atoms with E-state index in [0.29, 0.717) is 15.7 Å². The third kappa shape index (κ3) is 21.0. The number of carbonyl (C=O) groups is 7. The van der Waals surface area contributed by atoms with Gasteiger partial charge in [-0.15, -0.1) is 0 Å². The van der Waals surface area contributed by atoms with Gasteiger partial charge in [-0.3, -0.25) is 38.9 Å². The van der Waals surface area contributed by atoms with Crippen molar-refractivity contribution in [3.05, 3.63) is 49.8 Å². The molecule has 4 fully saturated rings. The monoisotopic (exact) mass is 1590 g/mol. The normalized spacial score (nSPS) is 32.3. The largest absolute Gasteiger partial charge is 0.492 e. The molecule has 0 radical (unpaired) electrons. The number of amides is 3. The zero-order valence-electron chi connectivity index (χ0n) is 56.8. The zero-order valence-corrected chi connectivity index (χ0v) is 61.4. The Morgan fingerprint density at radius 2 is 1.57 bits per heavy atom. The number of aliphatic carboxylic acids is 2. The van der Waals surface area contributed by atoms with Crippen LogP contribution in [0.2, 0.25) is 0 Å². The minimum atomic E-state index is -2.31. The number of likely N-dealkylation sites (N-methyl/N-ethyl adjacent to an activating group) is 1. The lowest BCUT2D eigenvalue weighted by Gasteiger charge is -2.46. The Labute approximate surface area is 608 Å². The minimum absolute atomic E-state index is 0.00185. The van der Waals surface area contributed by atoms with Gasteiger partial charge in [0.05, 0.1) is 97.0 Å². The van der Waals surface area contributed by atoms with E-state index >= 15 is 0 Å². The highest BCUT2D eigenvalue weighted by Crippen LogP contribution is 2.49. The summed E-state index contributed by atoms with van der Waals surface area (Å²) in [6.45, 7) is 8.27. The maximum Gasteiger partial charge on any atom is 0.411 e. The number of rotatable bonds is 31. The van der Waals surface area contributed by atoms with Crippen molar-refractivity contribution in [2.24, 2.45) is 5.73 Å². The number of fused-ring (bicyclic) bond motifs is 2. The lowest BCUT2D eigenvalue weighted by atomic mass is 9.75. The molecule has 3 amide bonds. The number of hydroxylamine groups is 1. The van der Waals surface area contributed by atoms with Crippen LogP contribution in [0.1, 0.15) is 75.7 Å². The first kappa shape index (κ1) is 82.8. The summed E-state index contributed by atoms with van der Waals surface area (Å²) in [5.41, 5.74) is 5.86. The Morgan fingerprint density at radius 1 is 0.861 bits per heavy atom. The third-order valence-electron chi connectivity index (χ3n) is 17.0. The number of carboxylic acid groups (broad SMARTS) is 2. The molecule has 4 aliphatic heterocycles. The van der Waals surface area contributed by atoms with Crippen LogP contribution in [0.15, 0.2) is 35.1 Å². The summed E-state index contributed by atoms with van der Waals surface area (Å²) < 4.78 is 72.6. The molecule has 0 aromatic heterocycles. The number of allylic oxidation sites excluding steroid dienone is 3. The highest BCUT2D eigenvalue weighted by molar-refractivity contribution is 14.1. The summed E-state index contributed by atoms with van der Waals surface area (Å²) >= 11 is 2.76. The molecule has 2 bridgehead atoms. The first-order chi connectivity index (χ1) is 48.0. The number of nitrogens with two attached hydrogens (primary N) is 1. The molecule has 4 heterocycles. The number of carboxylic acids is 2. The van der Waals surface area contributed by atoms with E-state index in [-0.39, 0.29) is 83.8 Å². The van der Waals surface area contributed by atoms with Crippen LogP contribution in [0, 0.1) is 34.2 Å². The molecule has 6 aliphatic rings. The topological polar surface area (TPSA) is 467 Å². The van der Waals surface area contributed by atoms with E-state index in [0.717, 1.165) is 40.5 Å². The molecule has 0 unspecified atom stereocenters. The molecule has 14 N–H and O–H groups in total. The summed E-state index contributed by atoms with van der Waals surface area (Å²) in [6.07, 6.45) is -16.7. The maximum atomic E-state index is 14.5. The van der Waals surface area contributed by atoms with Gasteiger partial charge in [0.15, 0.2) is 41.8 Å². The van der Waals surface area contributed by atoms with Crippen LogP contribution in [0.5, 0.6) is 17.2 Å². The van der Waals surface area contributed by atoms with Gasteiger partial charge in [-0.05, 0) is 81.0 Å². The second-order valence-corrected chi connectivity index (χ2v) is 28.6. The number of hydrogen-bond donors (Lipinski definition) is 13. The predicted octanol–water partition coefficient (Wildman–Crippen LogP) is -0.203. The van der Waals surface area contributed by atoms with Crippen molar-refractivity contribution < 1.29 is 131 Å². The number of hydrogen-bond acceptors (Lipinski definition) is 31. The van der Waals surface area contributed by atoms with Gasteiger partial charge in [0.1, 0.15) is 55.3 Å². The Morgan fingerprint density at radius 3 is 2.23 bits per heavy atom. The van der Waals surface area contributed by atoms with Crippen LogP contribution in [0.25, 0.3) is 0 Å². The van der Waals surface area contributed by atoms with E-state index in [1.54, 1.807) is 27.7 Å². The lowest BCUT2D eigenvalue weighted by molar-refractivity contribution is -0.336. The molecule has 21 atom stereocenters. The molecule has 7 rings (SSSR count). The number of benzene rings is 1. The van der Waals surface area contributed by atoms with Gasteiger partial charge in [0, 0.05) is 56.1 Å². The van der Waals surface area contributed by atoms with Crippen molar-refractivity contribution in [3.63, 3.8) is 0 Å². The molecule has 33 nitrogen and oxygen atoms in total. The third-order valence-corrected chi connectivity index (χ3v) is 22.0. The van der Waals surface area contributed by atoms with E-state index in [2.05, 4.69) is 50.4 Å². The molecule has 1 aromatic rings. The second kappa shape index (κ2) is 38.5. The number of aliphatic hydroxyl groups excluding tert-OH is 4. The van der Waals surface area contributed by atoms with E-state index < -0.39 is 181 Å². The Bertz CT molecular complexity index is 3360. The van der Waals surface area contributed by atoms with Crippen molar-refractivity contribution in [2.45, 2.75) is 194 Å². The van der Waals surface area contributed by atoms with Crippen molar-refractivity contribution >= 4 is 96.7 Å². The average Bonchev–Trinajstić information content (AvgIpc) is 0.758. The highest BCUT2D eigenvalue weighted by atomic mass is 127. The van der Waals surface area contributed by atoms with Crippen LogP contribution >= 0.6 is 55.9 Å². The molecule has 0 saturated carbocycles. The first-order valence-corrected chi connectivity index (χ1v) is 36.4. The second-order valence-electron chi connectivity index (χ2n) is 23.8. The average molecular weight is 1600 g/mol. The van der Waals surface area contributed by atoms with E-state index in [1.165, 1.54) is 46.7 Å². The standard InChI is InChI=1S/C64H87IN6O27S3/c1-11-67-34-26-91-42(23-39(34)86-6)96-55-50(78)47(71-98-43-22-36(72)57(31(5)92-43)101-60(83)44-28(2)46(65)53(56(89-9)52(44)87-7)97-61-51(79)54(88-8)49(77)30(4)94-61)29(3)93-62(55)95-38-16-14-12-13-15-20-64(85)24-37(73)48(70-63(84)90-10)45(38)32(64)19-21-99-100-27-35(58(80)68-25-41(75)76)69-40(74)18-17-33(66)59(81)82/h12-13,19,29-31,33-36,38-39,42-43,47,49-51,54-55,57,61-62,67,71-72,77-79,85H,11,17-18,21-27,66H2,1-10H3,(H,68,80)(H,69,74)(H,70,84)(H,75,76)(H,81,82)/b13-12-,32-19+/t29-,30+,31-,33+,34+,35+,36+,38+,39+,42+,43+,47-,49+,50+,51-,54-,55-,57-,61+,62+,64+/m1/s1. The predicted molar refractivity (Wildman–Crippen MR) is 368 cm³/mol. The van der Waals surface area contributed by atoms with Gasteiger partial charge in [-0.25, -0.2) is 4.79 Å². The number of Topliss-reactive ketones (excluding diaryl/α,β-unsaturated/α-hetero) is 1. The number of methoxy groups -OCH3 is 5. The van der Waals surface area contributed by atoms with Crippen LogP contribution in [-0.2, 0) is 71.4 Å². The number of alkyl carbamates (subject to hydrolysis) is 1. The molecule has 37 heteroatoms. The van der Waals surface area contributed by atoms with Gasteiger partial charge >= 0.3 is 18.0 Å². The van der Waals surface area contributed by atoms with Crippen LogP contribution in [0.4, 0.5) is 4.79 Å². The highest BCUT2D eigenvalue weighted by Gasteiger charge is 2.52. The van der Waals surface area contributed by atoms with Crippen LogP contribution < -0.4 is 46.7 Å². The quantitative estimate of drug-likeness (QED) is 0.0150. The number of nitrogens with one attached hydrogen (secondary N) is 5. The molecule has 0 spiro atoms. The summed E-state index contributed by atoms with van der Waals surface area (Å²) in [6, 6.07) is -4.16. The number of thioether (sulfide) groups is 1. The SMILES string of the molecule is CCN[C@H]1CO[C@@H](O[C@H]2[C@H](O[C@H]3C#C/C=C\C#C[C@]4(O)CC(=O)C(NC(=O)OC)=C3/C4=C\CSSC[C@H](NC(=O)CC[C@H](N)C(=O)O)C(=O)NCC(=O)O)O[C@H](C)[C@@H](NO[C@H]3C[C@H](O)[C@H](SC(=O)c4c(C)c(I)c(O[C@@H]5O[C@@H](C)[C@H](O)[C@@H](OC)[C@H]5O)c(OC)c4OC)[C@@H](C)O3)[C@@H]2O)C[C@@H]1OC. The number of halogens is 1. The van der Waals surface area contributed by atoms with Gasteiger partial charge in [0.25, 0.3) is 0 Å². The molecule has 560 valence electrons. The molecule has 101 heavy (non-hydrogen) atoms. The Balaban J connectivity index is 1.13. The smallest absolute Gasteiger partial charge is 0.411 e. The Hall–Kier alpha value is -5.45. The van der Waals surface area contributed by atoms with E-state index in [9.17, 15) is 69.3 Å². The fraction of sp³-hybridized carbons (Fsp3) is 0.641. The number of aliphatic hydroxyl groups is 5. The van der Waals surface area contributed by atoms with Crippen molar-refractivity contribution in [2.75, 3.05) is 66.8 Å². The van der Waals surface area contributed by atoms with Crippen molar-refractivity contribution in [1.82, 2.24) is 26.7 Å². The maximum absolute atomic E-state index is 14.5. The van der Waals surface area contributed by atoms with Gasteiger partial charge in [0.2, 0.25) is 29.0 Å². The Kier molecular flexibility index (Phi) is 31.6. The number of ether oxygens (including phenoxy) is 12.